The largest absolute Gasteiger partial charge is 0.445 e. The van der Waals surface area contributed by atoms with Gasteiger partial charge in [-0.2, -0.15) is 0 Å². The average molecular weight is 481 g/mol. The minimum atomic E-state index is -3.68. The highest BCUT2D eigenvalue weighted by atomic mass is 32.2. The number of benzene rings is 2. The molecular formula is C18H16FN5O6S2. The molecule has 2 aromatic carbocycles. The first-order chi connectivity index (χ1) is 15.1. The van der Waals surface area contributed by atoms with Crippen LogP contribution in [0, 0.1) is 15.9 Å². The molecule has 0 radical (unpaired) electrons. The van der Waals surface area contributed by atoms with Gasteiger partial charge in [-0.3, -0.25) is 20.3 Å². The number of non-ortho nitro benzene ring substituents is 1. The topological polar surface area (TPSA) is 144 Å². The molecule has 0 unspecified atom stereocenters. The van der Waals surface area contributed by atoms with E-state index in [-0.39, 0.29) is 20.8 Å². The normalized spacial score (nSPS) is 11.1. The van der Waals surface area contributed by atoms with E-state index in [2.05, 4.69) is 15.0 Å². The highest BCUT2D eigenvalue weighted by Gasteiger charge is 2.18. The van der Waals surface area contributed by atoms with Gasteiger partial charge in [0.1, 0.15) is 11.6 Å². The first kappa shape index (κ1) is 23.1. The molecule has 1 heterocycles. The number of nitrogens with one attached hydrogen (secondary N) is 2. The molecule has 0 spiro atoms. The summed E-state index contributed by atoms with van der Waals surface area (Å²) in [6.45, 7) is 0. The Labute approximate surface area is 185 Å². The summed E-state index contributed by atoms with van der Waals surface area (Å²) in [5.74, 6) is -0.936. The van der Waals surface area contributed by atoms with Gasteiger partial charge >= 0.3 is 6.03 Å². The van der Waals surface area contributed by atoms with Gasteiger partial charge in [0.2, 0.25) is 15.1 Å². The molecule has 0 fully saturated rings. The molecule has 2 N–H and O–H groups in total. The van der Waals surface area contributed by atoms with Crippen molar-refractivity contribution in [1.82, 2.24) is 9.71 Å². The van der Waals surface area contributed by atoms with Crippen LogP contribution < -0.4 is 19.7 Å². The molecule has 0 aliphatic heterocycles. The minimum Gasteiger partial charge on any atom is -0.445 e. The highest BCUT2D eigenvalue weighted by Crippen LogP contribution is 2.32. The van der Waals surface area contributed by atoms with Gasteiger partial charge in [0.15, 0.2) is 5.13 Å². The molecule has 2 amide bonds. The maximum absolute atomic E-state index is 13.5. The summed E-state index contributed by atoms with van der Waals surface area (Å²) in [5, 5.41) is 13.7. The van der Waals surface area contributed by atoms with Gasteiger partial charge in [0, 0.05) is 18.8 Å². The third kappa shape index (κ3) is 5.35. The van der Waals surface area contributed by atoms with Crippen LogP contribution in [0.3, 0.4) is 0 Å². The van der Waals surface area contributed by atoms with Gasteiger partial charge in [0.05, 0.1) is 28.1 Å². The number of rotatable bonds is 7. The number of urea groups is 1. The SMILES string of the molecule is CNS(=O)(=O)c1cccc(N(C)C(=O)Nc2ncc(Oc3cc(F)cc([N+](=O)[O-])c3)s2)c1. The second-order valence-electron chi connectivity index (χ2n) is 6.18. The van der Waals surface area contributed by atoms with Crippen LogP contribution in [0.25, 0.3) is 0 Å². The number of amides is 2. The maximum Gasteiger partial charge on any atom is 0.327 e. The second kappa shape index (κ2) is 9.25. The predicted molar refractivity (Wildman–Crippen MR) is 115 cm³/mol. The highest BCUT2D eigenvalue weighted by molar-refractivity contribution is 7.89. The number of nitro benzene ring substituents is 1. The standard InChI is InChI=1S/C18H16FN5O6S2/c1-20-32(28,29)15-5-3-4-12(9-15)23(2)18(25)22-17-21-10-16(31-17)30-14-7-11(19)6-13(8-14)24(26)27/h3-10,20H,1-2H3,(H,21,22,25). The van der Waals surface area contributed by atoms with Crippen LogP contribution in [0.2, 0.25) is 0 Å². The summed E-state index contributed by atoms with van der Waals surface area (Å²) in [6.07, 6.45) is 1.26. The lowest BCUT2D eigenvalue weighted by Crippen LogP contribution is -2.31. The lowest BCUT2D eigenvalue weighted by atomic mass is 10.3. The number of hydrogen-bond donors (Lipinski definition) is 2. The summed E-state index contributed by atoms with van der Waals surface area (Å²) >= 11 is 0.910. The monoisotopic (exact) mass is 481 g/mol. The van der Waals surface area contributed by atoms with Crippen molar-refractivity contribution in [2.24, 2.45) is 0 Å². The number of aromatic nitrogens is 1. The number of halogens is 1. The maximum atomic E-state index is 13.5. The van der Waals surface area contributed by atoms with Crippen LogP contribution in [0.4, 0.5) is 25.7 Å². The van der Waals surface area contributed by atoms with Gasteiger partial charge in [-0.1, -0.05) is 17.4 Å². The predicted octanol–water partition coefficient (Wildman–Crippen LogP) is 3.56. The lowest BCUT2D eigenvalue weighted by molar-refractivity contribution is -0.385. The Morgan fingerprint density at radius 1 is 1.28 bits per heavy atom. The van der Waals surface area contributed by atoms with Gasteiger partial charge in [-0.25, -0.2) is 27.3 Å². The molecule has 0 saturated carbocycles. The summed E-state index contributed by atoms with van der Waals surface area (Å²) in [4.78, 5) is 27.8. The van der Waals surface area contributed by atoms with E-state index in [9.17, 15) is 27.7 Å². The van der Waals surface area contributed by atoms with E-state index in [1.807, 2.05) is 0 Å². The number of nitro groups is 1. The summed E-state index contributed by atoms with van der Waals surface area (Å²) < 4.78 is 45.0. The molecule has 0 aliphatic carbocycles. The van der Waals surface area contributed by atoms with Gasteiger partial charge in [0.25, 0.3) is 5.69 Å². The Kier molecular flexibility index (Phi) is 6.67. The molecule has 14 heteroatoms. The fraction of sp³-hybridized carbons (Fsp3) is 0.111. The third-order valence-corrected chi connectivity index (χ3v) is 6.27. The molecule has 3 aromatic rings. The van der Waals surface area contributed by atoms with Crippen LogP contribution >= 0.6 is 11.3 Å². The van der Waals surface area contributed by atoms with Crippen LogP contribution in [0.5, 0.6) is 10.8 Å². The lowest BCUT2D eigenvalue weighted by Gasteiger charge is -2.18. The van der Waals surface area contributed by atoms with E-state index >= 15 is 0 Å². The summed E-state index contributed by atoms with van der Waals surface area (Å²) in [5.41, 5.74) is -0.152. The zero-order chi connectivity index (χ0) is 23.5. The van der Waals surface area contributed by atoms with Crippen molar-refractivity contribution in [3.05, 3.63) is 64.6 Å². The van der Waals surface area contributed by atoms with Crippen molar-refractivity contribution in [3.63, 3.8) is 0 Å². The van der Waals surface area contributed by atoms with Crippen molar-refractivity contribution < 1.29 is 27.3 Å². The van der Waals surface area contributed by atoms with Crippen LogP contribution in [-0.4, -0.2) is 38.5 Å². The van der Waals surface area contributed by atoms with Crippen molar-refractivity contribution >= 4 is 43.9 Å². The Hall–Kier alpha value is -3.62. The Morgan fingerprint density at radius 2 is 2.03 bits per heavy atom. The molecule has 32 heavy (non-hydrogen) atoms. The zero-order valence-electron chi connectivity index (χ0n) is 16.6. The molecule has 168 valence electrons. The molecule has 0 bridgehead atoms. The van der Waals surface area contributed by atoms with Crippen molar-refractivity contribution in [2.75, 3.05) is 24.3 Å². The van der Waals surface area contributed by atoms with Crippen molar-refractivity contribution in [3.8, 4) is 10.8 Å². The van der Waals surface area contributed by atoms with E-state index in [4.69, 9.17) is 4.74 Å². The molecule has 1 aromatic heterocycles. The number of carbonyl (C=O) groups excluding carboxylic acids is 1. The molecule has 11 nitrogen and oxygen atoms in total. The number of hydrogen-bond acceptors (Lipinski definition) is 8. The molecule has 0 atom stereocenters. The molecule has 0 saturated heterocycles. The van der Waals surface area contributed by atoms with Crippen molar-refractivity contribution in [2.45, 2.75) is 4.90 Å². The van der Waals surface area contributed by atoms with Crippen molar-refractivity contribution in [1.29, 1.82) is 0 Å². The van der Waals surface area contributed by atoms with Crippen LogP contribution in [0.1, 0.15) is 0 Å². The number of sulfonamides is 1. The van der Waals surface area contributed by atoms with E-state index in [0.29, 0.717) is 5.69 Å². The van der Waals surface area contributed by atoms with Crippen LogP contribution in [0.15, 0.2) is 53.6 Å². The van der Waals surface area contributed by atoms with E-state index < -0.39 is 32.5 Å². The number of carbonyl (C=O) groups is 1. The minimum absolute atomic E-state index is 0.00808. The Morgan fingerprint density at radius 3 is 2.72 bits per heavy atom. The van der Waals surface area contributed by atoms with E-state index in [1.54, 1.807) is 6.07 Å². The molecule has 0 aliphatic rings. The van der Waals surface area contributed by atoms with Crippen LogP contribution in [-0.2, 0) is 10.0 Å². The quantitative estimate of drug-likeness (QED) is 0.388. The smallest absolute Gasteiger partial charge is 0.327 e. The summed E-state index contributed by atoms with van der Waals surface area (Å²) in [7, 11) is -0.959. The molecule has 3 rings (SSSR count). The fourth-order valence-electron chi connectivity index (χ4n) is 2.46. The number of nitrogens with zero attached hydrogens (tertiary/aromatic N) is 3. The number of ether oxygens (including phenoxy) is 1. The second-order valence-corrected chi connectivity index (χ2v) is 9.06. The number of thiazole rings is 1. The summed E-state index contributed by atoms with van der Waals surface area (Å²) in [6, 6.07) is 7.97. The van der Waals surface area contributed by atoms with E-state index in [0.717, 1.165) is 29.5 Å². The van der Waals surface area contributed by atoms with Gasteiger partial charge in [-0.15, -0.1) is 0 Å². The Balaban J connectivity index is 1.71. The van der Waals surface area contributed by atoms with Gasteiger partial charge < -0.3 is 4.74 Å². The number of anilines is 2. The van der Waals surface area contributed by atoms with Gasteiger partial charge in [-0.05, 0) is 25.2 Å². The fourth-order valence-corrected chi connectivity index (χ4v) is 3.91. The zero-order valence-corrected chi connectivity index (χ0v) is 18.2. The Bertz CT molecular complexity index is 1280. The first-order valence-corrected chi connectivity index (χ1v) is 11.1. The molecular weight excluding hydrogens is 465 g/mol. The first-order valence-electron chi connectivity index (χ1n) is 8.76. The van der Waals surface area contributed by atoms with E-state index in [1.165, 1.54) is 43.4 Å². The average Bonchev–Trinajstić information content (AvgIpc) is 3.19. The third-order valence-electron chi connectivity index (χ3n) is 4.07.